The number of nitrogens with zero attached hydrogens (tertiary/aromatic N) is 2. The van der Waals surface area contributed by atoms with E-state index < -0.39 is 0 Å². The molecule has 7 N–H and O–H groups in total. The molecule has 46 heavy (non-hydrogen) atoms. The molecule has 10 nitrogen and oxygen atoms in total. The lowest BCUT2D eigenvalue weighted by Crippen LogP contribution is -2.43. The Kier molecular flexibility index (Phi) is 19.7. The largest absolute Gasteiger partial charge is 0.370 e. The molecule has 1 aliphatic rings. The number of hydrogen-bond acceptors (Lipinski definition) is 5. The number of benzene rings is 3. The lowest BCUT2D eigenvalue weighted by Gasteiger charge is -2.28. The Bertz CT molecular complexity index is 1350. The molecule has 3 aromatic rings. The number of nitrogens with one attached hydrogen (secondary N) is 3. The van der Waals surface area contributed by atoms with Crippen molar-refractivity contribution in [3.8, 4) is 0 Å². The van der Waals surface area contributed by atoms with Gasteiger partial charge in [0.1, 0.15) is 5.82 Å². The fraction of sp³-hybridized carbons (Fsp3) is 0.429. The average Bonchev–Trinajstić information content (AvgIpc) is 3.26. The third-order valence-electron chi connectivity index (χ3n) is 6.92. The van der Waals surface area contributed by atoms with Crippen LogP contribution in [0.1, 0.15) is 51.7 Å². The average molecular weight is 638 g/mol. The summed E-state index contributed by atoms with van der Waals surface area (Å²) in [6, 6.07) is 20.8. The Balaban J connectivity index is 0.000000694. The van der Waals surface area contributed by atoms with Gasteiger partial charge in [0.2, 0.25) is 18.2 Å². The van der Waals surface area contributed by atoms with E-state index in [0.29, 0.717) is 19.5 Å². The SMILES string of the molecule is CC.CC(Cc1ccc2ccccc2c1)N1CCC(CNC(=O)Cc2ccc(F)cc2)NCC1=O.CCCN=C(N)N.CNC=O. The molecule has 1 fully saturated rings. The molecule has 11 heteroatoms. The van der Waals surface area contributed by atoms with Gasteiger partial charge in [-0.05, 0) is 60.2 Å². The zero-order valence-corrected chi connectivity index (χ0v) is 27.9. The zero-order chi connectivity index (χ0) is 34.3. The first kappa shape index (κ1) is 39.5. The summed E-state index contributed by atoms with van der Waals surface area (Å²) in [5.41, 5.74) is 12.0. The summed E-state index contributed by atoms with van der Waals surface area (Å²) in [6.45, 7) is 10.2. The number of carbonyl (C=O) groups is 3. The van der Waals surface area contributed by atoms with E-state index in [1.54, 1.807) is 19.2 Å². The highest BCUT2D eigenvalue weighted by atomic mass is 19.1. The van der Waals surface area contributed by atoms with E-state index in [2.05, 4.69) is 58.2 Å². The van der Waals surface area contributed by atoms with Gasteiger partial charge in [0.15, 0.2) is 5.96 Å². The summed E-state index contributed by atoms with van der Waals surface area (Å²) in [6.07, 6.45) is 3.40. The van der Waals surface area contributed by atoms with E-state index in [1.807, 2.05) is 37.8 Å². The number of amides is 3. The molecule has 2 atom stereocenters. The van der Waals surface area contributed by atoms with E-state index >= 15 is 0 Å². The van der Waals surface area contributed by atoms with Crippen LogP contribution < -0.4 is 27.4 Å². The van der Waals surface area contributed by atoms with E-state index in [4.69, 9.17) is 16.3 Å². The molecule has 3 aromatic carbocycles. The van der Waals surface area contributed by atoms with Crippen molar-refractivity contribution in [3.05, 3.63) is 83.7 Å². The van der Waals surface area contributed by atoms with Gasteiger partial charge < -0.3 is 32.3 Å². The number of halogens is 1. The summed E-state index contributed by atoms with van der Waals surface area (Å²) >= 11 is 0. The molecule has 3 amide bonds. The predicted octanol–water partition coefficient (Wildman–Crippen LogP) is 3.52. The second-order valence-electron chi connectivity index (χ2n) is 10.5. The smallest absolute Gasteiger partial charge is 0.236 e. The van der Waals surface area contributed by atoms with Crippen molar-refractivity contribution in [2.24, 2.45) is 16.5 Å². The number of aliphatic imine (C=N–C) groups is 1. The Hall–Kier alpha value is -4.51. The van der Waals surface area contributed by atoms with Crippen LogP contribution in [0.4, 0.5) is 4.39 Å². The topological polar surface area (TPSA) is 155 Å². The predicted molar refractivity (Wildman–Crippen MR) is 186 cm³/mol. The van der Waals surface area contributed by atoms with Crippen LogP contribution in [0.2, 0.25) is 0 Å². The molecule has 252 valence electrons. The normalized spacial score (nSPS) is 14.4. The molecule has 4 rings (SSSR count). The molecule has 0 spiro atoms. The molecule has 0 bridgehead atoms. The van der Waals surface area contributed by atoms with Crippen LogP contribution in [0.25, 0.3) is 10.8 Å². The maximum absolute atomic E-state index is 13.0. The Morgan fingerprint density at radius 1 is 1.09 bits per heavy atom. The first-order valence-corrected chi connectivity index (χ1v) is 15.8. The minimum atomic E-state index is -0.314. The number of carbonyl (C=O) groups excluding carboxylic acids is 3. The lowest BCUT2D eigenvalue weighted by atomic mass is 10.0. The highest BCUT2D eigenvalue weighted by Gasteiger charge is 2.26. The number of hydrogen-bond donors (Lipinski definition) is 5. The van der Waals surface area contributed by atoms with Gasteiger partial charge >= 0.3 is 0 Å². The van der Waals surface area contributed by atoms with Crippen LogP contribution in [-0.4, -0.2) is 74.4 Å². The summed E-state index contributed by atoms with van der Waals surface area (Å²) in [5.74, 6) is -0.156. The second kappa shape index (κ2) is 22.9. The van der Waals surface area contributed by atoms with Gasteiger partial charge in [0.05, 0.1) is 13.0 Å². The fourth-order valence-corrected chi connectivity index (χ4v) is 4.64. The zero-order valence-electron chi connectivity index (χ0n) is 27.9. The highest BCUT2D eigenvalue weighted by molar-refractivity contribution is 5.83. The highest BCUT2D eigenvalue weighted by Crippen LogP contribution is 2.19. The maximum atomic E-state index is 13.0. The van der Waals surface area contributed by atoms with Gasteiger partial charge in [-0.25, -0.2) is 4.39 Å². The van der Waals surface area contributed by atoms with Crippen LogP contribution >= 0.6 is 0 Å². The van der Waals surface area contributed by atoms with Crippen LogP contribution in [0.15, 0.2) is 71.7 Å². The van der Waals surface area contributed by atoms with Crippen molar-refractivity contribution in [1.82, 2.24) is 20.9 Å². The van der Waals surface area contributed by atoms with Gasteiger partial charge in [-0.2, -0.15) is 0 Å². The summed E-state index contributed by atoms with van der Waals surface area (Å²) in [5, 5.41) is 10.9. The fourth-order valence-electron chi connectivity index (χ4n) is 4.64. The van der Waals surface area contributed by atoms with E-state index in [1.165, 1.54) is 28.5 Å². The molecule has 2 unspecified atom stereocenters. The van der Waals surface area contributed by atoms with Gasteiger partial charge in [-0.3, -0.25) is 19.4 Å². The van der Waals surface area contributed by atoms with E-state index in [-0.39, 0.29) is 48.6 Å². The minimum absolute atomic E-state index is 0.0315. The standard InChI is InChI=1S/C27H30FN3O2.C4H11N3.C2H5NO.C2H6/c1-19(14-21-6-9-22-4-2-3-5-23(22)15-21)31-13-12-25(29-18-27(31)33)17-30-26(32)16-20-7-10-24(28)11-8-20;1-2-3-7-4(5)6;1-3-2-4;1-2/h2-11,15,19,25,29H,12-14,16-18H2,1H3,(H,30,32);2-3H2,1H3,(H4,5,6,7);2H,1H3,(H,3,4);1-2H3. The third-order valence-corrected chi connectivity index (χ3v) is 6.92. The minimum Gasteiger partial charge on any atom is -0.370 e. The Morgan fingerprint density at radius 2 is 1.72 bits per heavy atom. The lowest BCUT2D eigenvalue weighted by molar-refractivity contribution is -0.131. The first-order chi connectivity index (χ1) is 22.2. The molecular weight excluding hydrogens is 585 g/mol. The third kappa shape index (κ3) is 15.5. The van der Waals surface area contributed by atoms with Gasteiger partial charge in [-0.15, -0.1) is 0 Å². The first-order valence-electron chi connectivity index (χ1n) is 15.8. The maximum Gasteiger partial charge on any atom is 0.236 e. The second-order valence-corrected chi connectivity index (χ2v) is 10.5. The van der Waals surface area contributed by atoms with Gasteiger partial charge in [0.25, 0.3) is 0 Å². The van der Waals surface area contributed by atoms with Crippen LogP contribution in [0, 0.1) is 5.82 Å². The Labute approximate surface area is 273 Å². The van der Waals surface area contributed by atoms with Gasteiger partial charge in [0, 0.05) is 38.8 Å². The van der Waals surface area contributed by atoms with Crippen LogP contribution in [0.5, 0.6) is 0 Å². The Morgan fingerprint density at radius 3 is 2.30 bits per heavy atom. The quantitative estimate of drug-likeness (QED) is 0.130. The summed E-state index contributed by atoms with van der Waals surface area (Å²) in [7, 11) is 1.56. The van der Waals surface area contributed by atoms with E-state index in [9.17, 15) is 14.0 Å². The van der Waals surface area contributed by atoms with Gasteiger partial charge in [-0.1, -0.05) is 75.4 Å². The van der Waals surface area contributed by atoms with Crippen molar-refractivity contribution in [2.45, 2.75) is 65.5 Å². The van der Waals surface area contributed by atoms with Crippen molar-refractivity contribution >= 4 is 35.0 Å². The molecule has 0 radical (unpaired) electrons. The number of fused-ring (bicyclic) bond motifs is 1. The summed E-state index contributed by atoms with van der Waals surface area (Å²) in [4.78, 5) is 39.7. The van der Waals surface area contributed by atoms with Crippen molar-refractivity contribution in [2.75, 3.05) is 33.2 Å². The van der Waals surface area contributed by atoms with Crippen molar-refractivity contribution < 1.29 is 18.8 Å². The van der Waals surface area contributed by atoms with E-state index in [0.717, 1.165) is 31.4 Å². The van der Waals surface area contributed by atoms with Crippen LogP contribution in [0.3, 0.4) is 0 Å². The monoisotopic (exact) mass is 637 g/mol. The molecule has 0 saturated carbocycles. The molecule has 1 saturated heterocycles. The number of guanidine groups is 1. The molecule has 1 heterocycles. The molecule has 0 aromatic heterocycles. The molecule has 1 aliphatic heterocycles. The van der Waals surface area contributed by atoms with Crippen molar-refractivity contribution in [3.63, 3.8) is 0 Å². The molecule has 0 aliphatic carbocycles. The molecular formula is C35H52FN7O3. The van der Waals surface area contributed by atoms with Crippen LogP contribution in [-0.2, 0) is 27.2 Å². The van der Waals surface area contributed by atoms with Crippen molar-refractivity contribution in [1.29, 1.82) is 0 Å². The number of rotatable bonds is 10. The summed E-state index contributed by atoms with van der Waals surface area (Å²) < 4.78 is 13.0. The number of nitrogens with two attached hydrogens (primary N) is 2.